The molecule has 5 nitrogen and oxygen atoms in total. The van der Waals surface area contributed by atoms with Gasteiger partial charge in [0.2, 0.25) is 5.91 Å². The average Bonchev–Trinajstić information content (AvgIpc) is 2.66. The maximum atomic E-state index is 12.3. The average molecular weight is 375 g/mol. The van der Waals surface area contributed by atoms with Crippen LogP contribution in [-0.4, -0.2) is 15.7 Å². The Morgan fingerprint density at radius 2 is 1.61 bits per heavy atom. The molecular weight excluding hydrogens is 350 g/mol. The summed E-state index contributed by atoms with van der Waals surface area (Å²) in [6, 6.07) is 15.3. The minimum absolute atomic E-state index is 0.109. The molecule has 1 amide bonds. The first-order valence-electron chi connectivity index (χ1n) is 9.32. The molecule has 0 aliphatic rings. The summed E-state index contributed by atoms with van der Waals surface area (Å²) >= 11 is 0. The number of benzene rings is 2. The molecule has 0 radical (unpaired) electrons. The second-order valence-corrected chi connectivity index (χ2v) is 7.23. The first kappa shape index (κ1) is 19.5. The monoisotopic (exact) mass is 375 g/mol. The van der Waals surface area contributed by atoms with Crippen molar-refractivity contribution in [2.45, 2.75) is 40.8 Å². The topological polar surface area (TPSA) is 64.0 Å². The molecule has 0 spiro atoms. The molecular formula is C23H25N3O2. The zero-order valence-corrected chi connectivity index (χ0v) is 16.7. The highest BCUT2D eigenvalue weighted by molar-refractivity contribution is 5.75. The minimum atomic E-state index is -0.296. The molecule has 1 heterocycles. The predicted octanol–water partition coefficient (Wildman–Crippen LogP) is 3.46. The lowest BCUT2D eigenvalue weighted by Gasteiger charge is -2.12. The van der Waals surface area contributed by atoms with Gasteiger partial charge in [0, 0.05) is 18.2 Å². The summed E-state index contributed by atoms with van der Waals surface area (Å²) in [6.07, 6.45) is 0. The van der Waals surface area contributed by atoms with Gasteiger partial charge in [-0.2, -0.15) is 5.10 Å². The molecule has 2 aromatic carbocycles. The van der Waals surface area contributed by atoms with E-state index in [2.05, 4.69) is 29.5 Å². The van der Waals surface area contributed by atoms with E-state index >= 15 is 0 Å². The van der Waals surface area contributed by atoms with Gasteiger partial charge in [-0.25, -0.2) is 4.68 Å². The summed E-state index contributed by atoms with van der Waals surface area (Å²) in [5.74, 6) is -0.246. The lowest BCUT2D eigenvalue weighted by Crippen LogP contribution is -2.33. The second-order valence-electron chi connectivity index (χ2n) is 7.23. The molecule has 0 atom stereocenters. The molecule has 0 fully saturated rings. The Bertz CT molecular complexity index is 1070. The van der Waals surface area contributed by atoms with E-state index in [4.69, 9.17) is 0 Å². The van der Waals surface area contributed by atoms with Crippen molar-refractivity contribution >= 4 is 5.91 Å². The molecule has 0 saturated heterocycles. The van der Waals surface area contributed by atoms with Gasteiger partial charge in [0.05, 0.1) is 5.69 Å². The zero-order valence-electron chi connectivity index (χ0n) is 16.7. The van der Waals surface area contributed by atoms with Crippen LogP contribution in [0.1, 0.15) is 27.8 Å². The van der Waals surface area contributed by atoms with Crippen LogP contribution in [0.2, 0.25) is 0 Å². The summed E-state index contributed by atoms with van der Waals surface area (Å²) in [5, 5.41) is 7.27. The molecule has 144 valence electrons. The van der Waals surface area contributed by atoms with Crippen molar-refractivity contribution in [3.8, 4) is 11.3 Å². The van der Waals surface area contributed by atoms with Crippen molar-refractivity contribution in [1.82, 2.24) is 15.1 Å². The van der Waals surface area contributed by atoms with Crippen molar-refractivity contribution in [2.24, 2.45) is 0 Å². The Balaban J connectivity index is 1.76. The van der Waals surface area contributed by atoms with Gasteiger partial charge >= 0.3 is 0 Å². The first-order chi connectivity index (χ1) is 13.3. The molecule has 0 bridgehead atoms. The minimum Gasteiger partial charge on any atom is -0.350 e. The van der Waals surface area contributed by atoms with Crippen LogP contribution in [-0.2, 0) is 17.9 Å². The fourth-order valence-electron chi connectivity index (χ4n) is 3.04. The number of nitrogens with one attached hydrogen (secondary N) is 1. The lowest BCUT2D eigenvalue weighted by molar-refractivity contribution is -0.122. The molecule has 3 rings (SSSR count). The smallest absolute Gasteiger partial charge is 0.267 e. The van der Waals surface area contributed by atoms with Gasteiger partial charge in [-0.3, -0.25) is 9.59 Å². The molecule has 0 saturated carbocycles. The Hall–Kier alpha value is -3.21. The van der Waals surface area contributed by atoms with Gasteiger partial charge in [0.15, 0.2) is 0 Å². The molecule has 0 aliphatic carbocycles. The van der Waals surface area contributed by atoms with Crippen molar-refractivity contribution in [2.75, 3.05) is 0 Å². The number of aromatic nitrogens is 2. The number of rotatable bonds is 5. The van der Waals surface area contributed by atoms with E-state index in [1.54, 1.807) is 6.07 Å². The Morgan fingerprint density at radius 1 is 0.929 bits per heavy atom. The van der Waals surface area contributed by atoms with Crippen molar-refractivity contribution < 1.29 is 4.79 Å². The van der Waals surface area contributed by atoms with Crippen LogP contribution >= 0.6 is 0 Å². The lowest BCUT2D eigenvalue weighted by atomic mass is 9.99. The molecule has 5 heteroatoms. The number of nitrogens with zero attached hydrogens (tertiary/aromatic N) is 2. The van der Waals surface area contributed by atoms with Crippen LogP contribution < -0.4 is 10.9 Å². The van der Waals surface area contributed by atoms with E-state index in [0.29, 0.717) is 12.2 Å². The Labute approximate surface area is 165 Å². The third-order valence-electron chi connectivity index (χ3n) is 4.89. The predicted molar refractivity (Wildman–Crippen MR) is 111 cm³/mol. The van der Waals surface area contributed by atoms with Gasteiger partial charge in [-0.1, -0.05) is 35.9 Å². The number of hydrogen-bond acceptors (Lipinski definition) is 3. The summed E-state index contributed by atoms with van der Waals surface area (Å²) in [6.45, 7) is 8.47. The highest BCUT2D eigenvalue weighted by Crippen LogP contribution is 2.24. The van der Waals surface area contributed by atoms with Crippen LogP contribution in [0.5, 0.6) is 0 Å². The normalized spacial score (nSPS) is 10.7. The maximum Gasteiger partial charge on any atom is 0.267 e. The van der Waals surface area contributed by atoms with Crippen LogP contribution in [0.25, 0.3) is 11.3 Å². The van der Waals surface area contributed by atoms with Gasteiger partial charge in [-0.05, 0) is 62.1 Å². The third kappa shape index (κ3) is 4.55. The van der Waals surface area contributed by atoms with Crippen LogP contribution in [0.4, 0.5) is 0 Å². The third-order valence-corrected chi connectivity index (χ3v) is 4.89. The standard InChI is InChI=1S/C23H25N3O2/c1-15-5-7-19(8-6-15)13-24-22(27)14-26-23(28)10-9-21(25-26)20-12-17(3)16(2)11-18(20)4/h5-12H,13-14H2,1-4H3,(H,24,27). The van der Waals surface area contributed by atoms with Crippen LogP contribution in [0.3, 0.4) is 0 Å². The van der Waals surface area contributed by atoms with Crippen molar-refractivity contribution in [3.63, 3.8) is 0 Å². The van der Waals surface area contributed by atoms with Crippen molar-refractivity contribution in [1.29, 1.82) is 0 Å². The SMILES string of the molecule is Cc1ccc(CNC(=O)Cn2nc(-c3cc(C)c(C)cc3C)ccc2=O)cc1. The van der Waals surface area contributed by atoms with Gasteiger partial charge in [0.1, 0.15) is 6.54 Å². The van der Waals surface area contributed by atoms with Crippen molar-refractivity contribution in [3.05, 3.63) is 86.7 Å². The maximum absolute atomic E-state index is 12.3. The summed E-state index contributed by atoms with van der Waals surface area (Å²) in [4.78, 5) is 24.5. The van der Waals surface area contributed by atoms with Gasteiger partial charge in [0.25, 0.3) is 5.56 Å². The molecule has 1 aromatic heterocycles. The number of carbonyl (C=O) groups excluding carboxylic acids is 1. The zero-order chi connectivity index (χ0) is 20.3. The van der Waals surface area contributed by atoms with E-state index in [0.717, 1.165) is 22.3 Å². The fourth-order valence-corrected chi connectivity index (χ4v) is 3.04. The van der Waals surface area contributed by atoms with E-state index in [-0.39, 0.29) is 18.0 Å². The molecule has 0 aliphatic heterocycles. The van der Waals surface area contributed by atoms with Crippen LogP contribution in [0, 0.1) is 27.7 Å². The van der Waals surface area contributed by atoms with E-state index in [1.807, 2.05) is 45.0 Å². The quantitative estimate of drug-likeness (QED) is 0.743. The molecule has 28 heavy (non-hydrogen) atoms. The van der Waals surface area contributed by atoms with Gasteiger partial charge < -0.3 is 5.32 Å². The number of aryl methyl sites for hydroxylation is 4. The highest BCUT2D eigenvalue weighted by atomic mass is 16.2. The number of hydrogen-bond donors (Lipinski definition) is 1. The largest absolute Gasteiger partial charge is 0.350 e. The second kappa shape index (κ2) is 8.21. The molecule has 3 aromatic rings. The Kier molecular flexibility index (Phi) is 5.73. The molecule has 1 N–H and O–H groups in total. The summed E-state index contributed by atoms with van der Waals surface area (Å²) in [7, 11) is 0. The number of amides is 1. The Morgan fingerprint density at radius 3 is 2.32 bits per heavy atom. The highest BCUT2D eigenvalue weighted by Gasteiger charge is 2.10. The van der Waals surface area contributed by atoms with Crippen LogP contribution in [0.15, 0.2) is 53.3 Å². The van der Waals surface area contributed by atoms with E-state index in [9.17, 15) is 9.59 Å². The van der Waals surface area contributed by atoms with E-state index < -0.39 is 0 Å². The number of carbonyl (C=O) groups is 1. The molecule has 0 unspecified atom stereocenters. The van der Waals surface area contributed by atoms with Gasteiger partial charge in [-0.15, -0.1) is 0 Å². The fraction of sp³-hybridized carbons (Fsp3) is 0.261. The summed E-state index contributed by atoms with van der Waals surface area (Å²) < 4.78 is 1.22. The van der Waals surface area contributed by atoms with E-state index in [1.165, 1.54) is 21.9 Å². The first-order valence-corrected chi connectivity index (χ1v) is 9.32. The summed E-state index contributed by atoms with van der Waals surface area (Å²) in [5.41, 5.74) is 7.01.